The first-order chi connectivity index (χ1) is 15.2. The predicted octanol–water partition coefficient (Wildman–Crippen LogP) is 3.10. The number of imidazole rings is 1. The maximum Gasteiger partial charge on any atom is 0.330 e. The van der Waals surface area contributed by atoms with Gasteiger partial charge in [0.2, 0.25) is 5.91 Å². The summed E-state index contributed by atoms with van der Waals surface area (Å²) in [5.41, 5.74) is 1.61. The number of benzene rings is 1. The SMILES string of the molecule is Cc1ncc2n1C(=O)N(C1CCN(C(=O)CCS(=O)(=O)C=Cc3ccc(Cl)cc3)CC1)C2. The second-order valence-corrected chi connectivity index (χ2v) is 10.6. The zero-order valence-electron chi connectivity index (χ0n) is 17.8. The van der Waals surface area contributed by atoms with Gasteiger partial charge in [0.1, 0.15) is 5.82 Å². The van der Waals surface area contributed by atoms with Crippen molar-refractivity contribution in [1.29, 1.82) is 0 Å². The molecule has 0 unspecified atom stereocenters. The minimum absolute atomic E-state index is 0.0571. The Morgan fingerprint density at radius 3 is 2.56 bits per heavy atom. The molecule has 170 valence electrons. The maximum atomic E-state index is 12.7. The number of carbonyl (C=O) groups is 2. The van der Waals surface area contributed by atoms with Crippen LogP contribution in [0.25, 0.3) is 6.08 Å². The van der Waals surface area contributed by atoms with Gasteiger partial charge in [-0.05, 0) is 43.5 Å². The van der Waals surface area contributed by atoms with Crippen LogP contribution in [0.1, 0.15) is 36.3 Å². The number of hydrogen-bond acceptors (Lipinski definition) is 5. The number of piperidine rings is 1. The number of rotatable bonds is 6. The summed E-state index contributed by atoms with van der Waals surface area (Å²) in [6.07, 6.45) is 4.53. The first-order valence-electron chi connectivity index (χ1n) is 10.5. The summed E-state index contributed by atoms with van der Waals surface area (Å²) in [4.78, 5) is 33.0. The third-order valence-electron chi connectivity index (χ3n) is 5.98. The normalized spacial score (nSPS) is 17.4. The fourth-order valence-electron chi connectivity index (χ4n) is 4.16. The first-order valence-corrected chi connectivity index (χ1v) is 12.6. The minimum atomic E-state index is -3.51. The Balaban J connectivity index is 1.26. The topological polar surface area (TPSA) is 92.6 Å². The maximum absolute atomic E-state index is 12.7. The van der Waals surface area contributed by atoms with Crippen LogP contribution in [0, 0.1) is 6.92 Å². The largest absolute Gasteiger partial charge is 0.343 e. The van der Waals surface area contributed by atoms with E-state index in [1.54, 1.807) is 39.9 Å². The molecule has 8 nitrogen and oxygen atoms in total. The van der Waals surface area contributed by atoms with E-state index >= 15 is 0 Å². The molecule has 0 bridgehead atoms. The molecule has 0 N–H and O–H groups in total. The Kier molecular flexibility index (Phi) is 6.39. The van der Waals surface area contributed by atoms with Crippen molar-refractivity contribution in [2.24, 2.45) is 0 Å². The van der Waals surface area contributed by atoms with Gasteiger partial charge in [0.05, 0.1) is 24.2 Å². The molecular weight excluding hydrogens is 452 g/mol. The second kappa shape index (κ2) is 9.07. The zero-order valence-corrected chi connectivity index (χ0v) is 19.3. The van der Waals surface area contributed by atoms with Crippen molar-refractivity contribution < 1.29 is 18.0 Å². The number of carbonyl (C=O) groups excluding carboxylic acids is 2. The van der Waals surface area contributed by atoms with Gasteiger partial charge < -0.3 is 9.80 Å². The summed E-state index contributed by atoms with van der Waals surface area (Å²) in [5, 5.41) is 1.72. The van der Waals surface area contributed by atoms with Crippen LogP contribution in [0.4, 0.5) is 4.79 Å². The highest BCUT2D eigenvalue weighted by atomic mass is 35.5. The van der Waals surface area contributed by atoms with Gasteiger partial charge in [-0.2, -0.15) is 0 Å². The number of likely N-dealkylation sites (tertiary alicyclic amines) is 1. The number of nitrogens with zero attached hydrogens (tertiary/aromatic N) is 4. The smallest absolute Gasteiger partial charge is 0.330 e. The Morgan fingerprint density at radius 1 is 1.22 bits per heavy atom. The lowest BCUT2D eigenvalue weighted by Gasteiger charge is -2.36. The van der Waals surface area contributed by atoms with E-state index in [1.807, 2.05) is 11.8 Å². The fraction of sp³-hybridized carbons (Fsp3) is 0.409. The van der Waals surface area contributed by atoms with E-state index in [0.717, 1.165) is 16.7 Å². The molecular formula is C22H25ClN4O4S. The second-order valence-electron chi connectivity index (χ2n) is 8.13. The highest BCUT2D eigenvalue weighted by Crippen LogP contribution is 2.26. The molecule has 0 spiro atoms. The average molecular weight is 477 g/mol. The lowest BCUT2D eigenvalue weighted by atomic mass is 10.0. The van der Waals surface area contributed by atoms with Gasteiger partial charge in [-0.25, -0.2) is 18.2 Å². The Bertz CT molecular complexity index is 1150. The molecule has 32 heavy (non-hydrogen) atoms. The number of hydrogen-bond donors (Lipinski definition) is 0. The molecule has 2 aliphatic rings. The first kappa shape index (κ1) is 22.5. The van der Waals surface area contributed by atoms with E-state index < -0.39 is 9.84 Å². The van der Waals surface area contributed by atoms with Crippen LogP contribution in [-0.4, -0.2) is 64.6 Å². The number of aryl methyl sites for hydroxylation is 1. The third-order valence-corrected chi connectivity index (χ3v) is 7.55. The van der Waals surface area contributed by atoms with Crippen LogP contribution >= 0.6 is 11.6 Å². The molecule has 10 heteroatoms. The van der Waals surface area contributed by atoms with Crippen LogP contribution < -0.4 is 0 Å². The summed E-state index contributed by atoms with van der Waals surface area (Å²) in [6.45, 7) is 3.38. The summed E-state index contributed by atoms with van der Waals surface area (Å²) in [6, 6.07) is 6.83. The lowest BCUT2D eigenvalue weighted by Crippen LogP contribution is -2.47. The van der Waals surface area contributed by atoms with Crippen molar-refractivity contribution in [3.63, 3.8) is 0 Å². The average Bonchev–Trinajstić information content (AvgIpc) is 3.31. The van der Waals surface area contributed by atoms with Gasteiger partial charge in [0.25, 0.3) is 0 Å². The standard InChI is InChI=1S/C22H25ClN4O4S/c1-16-24-14-20-15-26(22(29)27(16)20)19-6-10-25(11-7-19)21(28)9-13-32(30,31)12-8-17-2-4-18(23)5-3-17/h2-5,8,12,14,19H,6-7,9-11,13,15H2,1H3. The van der Waals surface area contributed by atoms with Crippen molar-refractivity contribution in [2.45, 2.75) is 38.8 Å². The number of amides is 2. The molecule has 1 fully saturated rings. The molecule has 0 radical (unpaired) electrons. The van der Waals surface area contributed by atoms with E-state index in [2.05, 4.69) is 4.98 Å². The van der Waals surface area contributed by atoms with Gasteiger partial charge in [-0.1, -0.05) is 23.7 Å². The van der Waals surface area contributed by atoms with Crippen LogP contribution in [0.5, 0.6) is 0 Å². The van der Waals surface area contributed by atoms with E-state index in [4.69, 9.17) is 11.6 Å². The molecule has 4 rings (SSSR count). The van der Waals surface area contributed by atoms with Crippen molar-refractivity contribution in [1.82, 2.24) is 19.4 Å². The van der Waals surface area contributed by atoms with Gasteiger partial charge >= 0.3 is 6.03 Å². The predicted molar refractivity (Wildman–Crippen MR) is 122 cm³/mol. The van der Waals surface area contributed by atoms with Crippen LogP contribution in [0.3, 0.4) is 0 Å². The molecule has 2 aliphatic heterocycles. The zero-order chi connectivity index (χ0) is 22.9. The number of halogens is 1. The quantitative estimate of drug-likeness (QED) is 0.638. The van der Waals surface area contributed by atoms with Crippen molar-refractivity contribution in [3.8, 4) is 0 Å². The summed E-state index contributed by atoms with van der Waals surface area (Å²) >= 11 is 5.83. The van der Waals surface area contributed by atoms with Crippen molar-refractivity contribution in [2.75, 3.05) is 18.8 Å². The van der Waals surface area contributed by atoms with Crippen molar-refractivity contribution in [3.05, 3.63) is 58.0 Å². The molecule has 3 heterocycles. The third kappa shape index (κ3) is 4.88. The van der Waals surface area contributed by atoms with Gasteiger partial charge in [-0.15, -0.1) is 0 Å². The van der Waals surface area contributed by atoms with E-state index in [1.165, 1.54) is 6.08 Å². The highest BCUT2D eigenvalue weighted by Gasteiger charge is 2.36. The molecule has 1 aromatic carbocycles. The van der Waals surface area contributed by atoms with E-state index in [9.17, 15) is 18.0 Å². The Morgan fingerprint density at radius 2 is 1.91 bits per heavy atom. The van der Waals surface area contributed by atoms with Gasteiger partial charge in [0.15, 0.2) is 9.84 Å². The molecule has 2 aromatic rings. The fourth-order valence-corrected chi connectivity index (χ4v) is 5.24. The molecule has 0 atom stereocenters. The molecule has 1 aromatic heterocycles. The van der Waals surface area contributed by atoms with Crippen LogP contribution in [-0.2, 0) is 21.2 Å². The van der Waals surface area contributed by atoms with Gasteiger partial charge in [0, 0.05) is 36.0 Å². The molecule has 2 amide bonds. The molecule has 0 aliphatic carbocycles. The van der Waals surface area contributed by atoms with E-state index in [0.29, 0.717) is 43.3 Å². The molecule has 1 saturated heterocycles. The van der Waals surface area contributed by atoms with Gasteiger partial charge in [-0.3, -0.25) is 9.36 Å². The van der Waals surface area contributed by atoms with Crippen LogP contribution in [0.15, 0.2) is 35.9 Å². The Hall–Kier alpha value is -2.65. The Labute approximate surface area is 192 Å². The molecule has 0 saturated carbocycles. The van der Waals surface area contributed by atoms with Crippen LogP contribution in [0.2, 0.25) is 5.02 Å². The van der Waals surface area contributed by atoms with Crippen molar-refractivity contribution >= 4 is 39.5 Å². The highest BCUT2D eigenvalue weighted by molar-refractivity contribution is 7.94. The summed E-state index contributed by atoms with van der Waals surface area (Å²) in [5.74, 6) is 0.278. The number of aromatic nitrogens is 2. The minimum Gasteiger partial charge on any atom is -0.343 e. The lowest BCUT2D eigenvalue weighted by molar-refractivity contribution is -0.132. The summed E-state index contributed by atoms with van der Waals surface area (Å²) in [7, 11) is -3.51. The number of sulfone groups is 1. The number of fused-ring (bicyclic) bond motifs is 1. The summed E-state index contributed by atoms with van der Waals surface area (Å²) < 4.78 is 26.2. The van der Waals surface area contributed by atoms with E-state index in [-0.39, 0.29) is 30.2 Å². The monoisotopic (exact) mass is 476 g/mol.